The Hall–Kier alpha value is -1.08. The summed E-state index contributed by atoms with van der Waals surface area (Å²) in [4.78, 5) is 4.12. The van der Waals surface area contributed by atoms with Crippen molar-refractivity contribution < 1.29 is 4.42 Å². The number of nitrogens with zero attached hydrogens (tertiary/aromatic N) is 3. The molecule has 5 nitrogen and oxygen atoms in total. The molecule has 0 fully saturated rings. The van der Waals surface area contributed by atoms with E-state index in [1.165, 1.54) is 23.1 Å². The highest BCUT2D eigenvalue weighted by Gasteiger charge is 2.05. The summed E-state index contributed by atoms with van der Waals surface area (Å²) in [6.45, 7) is 1.76. The molecule has 14 heavy (non-hydrogen) atoms. The summed E-state index contributed by atoms with van der Waals surface area (Å²) >= 11 is 2.89. The molecule has 0 saturated carbocycles. The van der Waals surface area contributed by atoms with Crippen LogP contribution < -0.4 is 5.73 Å². The van der Waals surface area contributed by atoms with Crippen molar-refractivity contribution in [3.63, 3.8) is 0 Å². The minimum atomic E-state index is 0.564. The molecule has 0 unspecified atom stereocenters. The second kappa shape index (κ2) is 3.97. The molecule has 0 radical (unpaired) electrons. The number of hydrogen-bond donors (Lipinski definition) is 1. The predicted molar refractivity (Wildman–Crippen MR) is 55.1 cm³/mol. The highest BCUT2D eigenvalue weighted by Crippen LogP contribution is 2.22. The van der Waals surface area contributed by atoms with Crippen LogP contribution in [0.15, 0.2) is 15.0 Å². The summed E-state index contributed by atoms with van der Waals surface area (Å²) in [6, 6.07) is 0. The Balaban J connectivity index is 1.94. The molecule has 0 amide bonds. The quantitative estimate of drug-likeness (QED) is 0.806. The zero-order valence-corrected chi connectivity index (χ0v) is 9.06. The maximum atomic E-state index is 5.50. The van der Waals surface area contributed by atoms with Crippen LogP contribution in [0.5, 0.6) is 0 Å². The number of anilines is 1. The van der Waals surface area contributed by atoms with Crippen molar-refractivity contribution in [3.8, 4) is 0 Å². The number of rotatable bonds is 3. The minimum Gasteiger partial charge on any atom is -0.416 e. The molecule has 0 atom stereocenters. The Kier molecular flexibility index (Phi) is 2.69. The second-order valence-electron chi connectivity index (χ2n) is 2.55. The van der Waals surface area contributed by atoms with Crippen molar-refractivity contribution >= 4 is 28.2 Å². The zero-order chi connectivity index (χ0) is 9.97. The first-order valence-corrected chi connectivity index (χ1v) is 5.73. The first kappa shape index (κ1) is 9.47. The standard InChI is InChI=1S/C7H8N4OS2/c1-4-10-11-7(12-4)14-3-5-2-13-6(8)9-5/h2H,3H2,1H3,(H2,8,9). The van der Waals surface area contributed by atoms with E-state index in [1.807, 2.05) is 5.38 Å². The summed E-state index contributed by atoms with van der Waals surface area (Å²) in [5.74, 6) is 1.28. The van der Waals surface area contributed by atoms with Crippen molar-refractivity contribution in [3.05, 3.63) is 17.0 Å². The lowest BCUT2D eigenvalue weighted by atomic mass is 10.6. The van der Waals surface area contributed by atoms with Crippen molar-refractivity contribution in [2.75, 3.05) is 5.73 Å². The van der Waals surface area contributed by atoms with Crippen LogP contribution in [0.3, 0.4) is 0 Å². The smallest absolute Gasteiger partial charge is 0.276 e. The average Bonchev–Trinajstić information content (AvgIpc) is 2.72. The average molecular weight is 228 g/mol. The van der Waals surface area contributed by atoms with Gasteiger partial charge in [-0.25, -0.2) is 4.98 Å². The third-order valence-corrected chi connectivity index (χ3v) is 3.00. The highest BCUT2D eigenvalue weighted by molar-refractivity contribution is 7.98. The summed E-state index contributed by atoms with van der Waals surface area (Å²) in [7, 11) is 0. The molecule has 2 aromatic rings. The topological polar surface area (TPSA) is 77.8 Å². The molecule has 0 aliphatic heterocycles. The van der Waals surface area contributed by atoms with Gasteiger partial charge in [0.15, 0.2) is 5.13 Å². The molecule has 74 valence electrons. The van der Waals surface area contributed by atoms with Gasteiger partial charge in [0, 0.05) is 18.1 Å². The largest absolute Gasteiger partial charge is 0.416 e. The molecular formula is C7H8N4OS2. The number of thioether (sulfide) groups is 1. The van der Waals surface area contributed by atoms with E-state index < -0.39 is 0 Å². The van der Waals surface area contributed by atoms with Gasteiger partial charge in [0.05, 0.1) is 5.69 Å². The molecule has 0 saturated heterocycles. The van der Waals surface area contributed by atoms with Crippen molar-refractivity contribution in [1.29, 1.82) is 0 Å². The summed E-state index contributed by atoms with van der Waals surface area (Å²) < 4.78 is 5.20. The number of nitrogens with two attached hydrogens (primary N) is 1. The van der Waals surface area contributed by atoms with Crippen molar-refractivity contribution in [2.45, 2.75) is 17.9 Å². The van der Waals surface area contributed by atoms with Gasteiger partial charge in [-0.05, 0) is 0 Å². The monoisotopic (exact) mass is 228 g/mol. The number of aryl methyl sites for hydroxylation is 1. The van der Waals surface area contributed by atoms with Gasteiger partial charge in [0.25, 0.3) is 5.22 Å². The van der Waals surface area contributed by atoms with Crippen LogP contribution in [0.2, 0.25) is 0 Å². The number of aromatic nitrogens is 3. The van der Waals surface area contributed by atoms with Crippen LogP contribution in [0, 0.1) is 6.92 Å². The molecule has 2 rings (SSSR count). The third-order valence-electron chi connectivity index (χ3n) is 1.42. The van der Waals surface area contributed by atoms with Gasteiger partial charge in [-0.3, -0.25) is 0 Å². The maximum absolute atomic E-state index is 5.50. The Morgan fingerprint density at radius 3 is 3.00 bits per heavy atom. The molecule has 0 aliphatic carbocycles. The van der Waals surface area contributed by atoms with E-state index in [0.29, 0.717) is 22.0 Å². The predicted octanol–water partition coefficient (Wildman–Crippen LogP) is 1.71. The maximum Gasteiger partial charge on any atom is 0.276 e. The third kappa shape index (κ3) is 2.24. The molecule has 0 aromatic carbocycles. The lowest BCUT2D eigenvalue weighted by Crippen LogP contribution is -1.84. The summed E-state index contributed by atoms with van der Waals surface area (Å²) in [6.07, 6.45) is 0. The lowest BCUT2D eigenvalue weighted by Gasteiger charge is -1.90. The molecule has 0 bridgehead atoms. The molecular weight excluding hydrogens is 220 g/mol. The van der Waals surface area contributed by atoms with Crippen LogP contribution >= 0.6 is 23.1 Å². The molecule has 7 heteroatoms. The summed E-state index contributed by atoms with van der Waals surface area (Å²) in [5, 5.41) is 10.7. The zero-order valence-electron chi connectivity index (χ0n) is 7.43. The fraction of sp³-hybridized carbons (Fsp3) is 0.286. The molecule has 0 aliphatic rings. The molecule has 2 heterocycles. The molecule has 2 aromatic heterocycles. The van der Waals surface area contributed by atoms with Gasteiger partial charge in [-0.2, -0.15) is 0 Å². The van der Waals surface area contributed by atoms with Crippen LogP contribution in [0.4, 0.5) is 5.13 Å². The van der Waals surface area contributed by atoms with E-state index in [9.17, 15) is 0 Å². The number of hydrogen-bond acceptors (Lipinski definition) is 7. The first-order chi connectivity index (χ1) is 6.74. The lowest BCUT2D eigenvalue weighted by molar-refractivity contribution is 0.429. The van der Waals surface area contributed by atoms with E-state index in [4.69, 9.17) is 10.2 Å². The fourth-order valence-electron chi connectivity index (χ4n) is 0.861. The summed E-state index contributed by atoms with van der Waals surface area (Å²) in [5.41, 5.74) is 6.44. The van der Waals surface area contributed by atoms with Crippen LogP contribution in [0.1, 0.15) is 11.6 Å². The van der Waals surface area contributed by atoms with Crippen molar-refractivity contribution in [1.82, 2.24) is 15.2 Å². The van der Waals surface area contributed by atoms with E-state index in [0.717, 1.165) is 5.69 Å². The Labute approximate surface area is 88.7 Å². The highest BCUT2D eigenvalue weighted by atomic mass is 32.2. The van der Waals surface area contributed by atoms with E-state index in [1.54, 1.807) is 6.92 Å². The van der Waals surface area contributed by atoms with Gasteiger partial charge >= 0.3 is 0 Å². The van der Waals surface area contributed by atoms with Gasteiger partial charge in [-0.1, -0.05) is 11.8 Å². The minimum absolute atomic E-state index is 0.564. The SMILES string of the molecule is Cc1nnc(SCc2csc(N)n2)o1. The van der Waals surface area contributed by atoms with Gasteiger partial charge in [0.1, 0.15) is 0 Å². The van der Waals surface area contributed by atoms with E-state index >= 15 is 0 Å². The first-order valence-electron chi connectivity index (χ1n) is 3.87. The number of nitrogen functional groups attached to an aromatic ring is 1. The van der Waals surface area contributed by atoms with Gasteiger partial charge in [0.2, 0.25) is 5.89 Å². The van der Waals surface area contributed by atoms with Crippen LogP contribution in [0.25, 0.3) is 0 Å². The second-order valence-corrected chi connectivity index (χ2v) is 4.37. The van der Waals surface area contributed by atoms with Crippen LogP contribution in [-0.4, -0.2) is 15.2 Å². The Morgan fingerprint density at radius 1 is 1.57 bits per heavy atom. The van der Waals surface area contributed by atoms with Gasteiger partial charge < -0.3 is 10.2 Å². The van der Waals surface area contributed by atoms with Crippen LogP contribution in [-0.2, 0) is 5.75 Å². The Bertz CT molecular complexity index is 385. The normalized spacial score (nSPS) is 10.6. The van der Waals surface area contributed by atoms with E-state index in [2.05, 4.69) is 15.2 Å². The van der Waals surface area contributed by atoms with Crippen molar-refractivity contribution in [2.24, 2.45) is 0 Å². The van der Waals surface area contributed by atoms with Gasteiger partial charge in [-0.15, -0.1) is 21.5 Å². The molecule has 2 N–H and O–H groups in total. The number of thiazole rings is 1. The van der Waals surface area contributed by atoms with E-state index in [-0.39, 0.29) is 0 Å². The Morgan fingerprint density at radius 2 is 2.43 bits per heavy atom. The molecule has 0 spiro atoms. The fourth-order valence-corrected chi connectivity index (χ4v) is 2.23.